The van der Waals surface area contributed by atoms with E-state index in [-0.39, 0.29) is 12.1 Å². The molecule has 2 heterocycles. The smallest absolute Gasteiger partial charge is 0.262 e. The molecule has 7 heteroatoms. The molecule has 0 saturated heterocycles. The molecule has 1 aromatic carbocycles. The minimum Gasteiger partial charge on any atom is -0.368 e. The van der Waals surface area contributed by atoms with Crippen LogP contribution in [0.4, 0.5) is 0 Å². The van der Waals surface area contributed by atoms with Crippen LogP contribution in [0.5, 0.6) is 0 Å². The van der Waals surface area contributed by atoms with Crippen LogP contribution in [0.3, 0.4) is 0 Å². The Balaban J connectivity index is 1.90. The Labute approximate surface area is 154 Å². The van der Waals surface area contributed by atoms with Crippen LogP contribution in [-0.4, -0.2) is 16.4 Å². The number of aromatic nitrogens is 1. The molecule has 2 aromatic heterocycles. The number of nitriles is 1. The second kappa shape index (κ2) is 7.68. The number of carbonyl (C=O) groups is 2. The van der Waals surface area contributed by atoms with E-state index >= 15 is 0 Å². The molecule has 0 fully saturated rings. The molecule has 0 bridgehead atoms. The highest BCUT2D eigenvalue weighted by Gasteiger charge is 2.13. The molecule has 3 aromatic rings. The Bertz CT molecular complexity index is 1030. The van der Waals surface area contributed by atoms with Gasteiger partial charge in [-0.2, -0.15) is 5.26 Å². The number of hydrogen-bond donors (Lipinski definition) is 2. The van der Waals surface area contributed by atoms with Crippen LogP contribution in [0.25, 0.3) is 17.0 Å². The molecular weight excluding hydrogens is 348 g/mol. The van der Waals surface area contributed by atoms with Gasteiger partial charge in [0, 0.05) is 27.5 Å². The van der Waals surface area contributed by atoms with Crippen molar-refractivity contribution in [2.75, 3.05) is 0 Å². The second-order valence-corrected chi connectivity index (χ2v) is 6.66. The number of primary amides is 1. The average molecular weight is 364 g/mol. The largest absolute Gasteiger partial charge is 0.368 e. The molecule has 3 N–H and O–H groups in total. The van der Waals surface area contributed by atoms with Gasteiger partial charge in [0.25, 0.3) is 5.91 Å². The molecule has 0 aliphatic heterocycles. The number of nitrogens with one attached hydrogen (secondary N) is 1. The SMILES string of the molecule is N#CC(=Cc1cn(CC(N)=O)c2ccccc12)C(=O)NCc1cccs1. The maximum Gasteiger partial charge on any atom is 0.262 e. The van der Waals surface area contributed by atoms with Crippen molar-refractivity contribution in [2.45, 2.75) is 13.1 Å². The first kappa shape index (κ1) is 17.5. The van der Waals surface area contributed by atoms with Crippen LogP contribution in [0, 0.1) is 11.3 Å². The predicted molar refractivity (Wildman–Crippen MR) is 101 cm³/mol. The van der Waals surface area contributed by atoms with Gasteiger partial charge >= 0.3 is 0 Å². The topological polar surface area (TPSA) is 101 Å². The number of para-hydroxylation sites is 1. The first-order valence-electron chi connectivity index (χ1n) is 7.87. The van der Waals surface area contributed by atoms with Crippen molar-refractivity contribution >= 4 is 40.1 Å². The van der Waals surface area contributed by atoms with Gasteiger partial charge in [0.05, 0.1) is 6.54 Å². The van der Waals surface area contributed by atoms with Crippen molar-refractivity contribution in [3.63, 3.8) is 0 Å². The lowest BCUT2D eigenvalue weighted by Gasteiger charge is -2.02. The zero-order chi connectivity index (χ0) is 18.5. The van der Waals surface area contributed by atoms with Gasteiger partial charge in [0.1, 0.15) is 18.2 Å². The summed E-state index contributed by atoms with van der Waals surface area (Å²) in [6.07, 6.45) is 3.25. The standard InChI is InChI=1S/C19H16N4O2S/c20-9-13(19(25)22-10-15-4-3-7-26-15)8-14-11-23(12-18(21)24)17-6-2-1-5-16(14)17/h1-8,11H,10,12H2,(H2,21,24)(H,22,25). The highest BCUT2D eigenvalue weighted by molar-refractivity contribution is 7.09. The highest BCUT2D eigenvalue weighted by Crippen LogP contribution is 2.23. The fraction of sp³-hybridized carbons (Fsp3) is 0.105. The Morgan fingerprint density at radius 3 is 2.77 bits per heavy atom. The monoisotopic (exact) mass is 364 g/mol. The lowest BCUT2D eigenvalue weighted by atomic mass is 10.1. The Morgan fingerprint density at radius 2 is 2.08 bits per heavy atom. The molecular formula is C19H16N4O2S. The molecule has 3 rings (SSSR count). The van der Waals surface area contributed by atoms with E-state index in [2.05, 4.69) is 5.32 Å². The zero-order valence-corrected chi connectivity index (χ0v) is 14.6. The summed E-state index contributed by atoms with van der Waals surface area (Å²) in [5.74, 6) is -0.900. The van der Waals surface area contributed by atoms with Gasteiger partial charge in [0.15, 0.2) is 0 Å². The van der Waals surface area contributed by atoms with E-state index in [0.717, 1.165) is 15.8 Å². The lowest BCUT2D eigenvalue weighted by molar-refractivity contribution is -0.118. The number of hydrogen-bond acceptors (Lipinski definition) is 4. The fourth-order valence-electron chi connectivity index (χ4n) is 2.67. The quantitative estimate of drug-likeness (QED) is 0.519. The predicted octanol–water partition coefficient (Wildman–Crippen LogP) is 2.41. The average Bonchev–Trinajstić information content (AvgIpc) is 3.26. The molecule has 0 unspecified atom stereocenters. The number of fused-ring (bicyclic) bond motifs is 1. The summed E-state index contributed by atoms with van der Waals surface area (Å²) in [5, 5.41) is 14.9. The van der Waals surface area contributed by atoms with E-state index in [4.69, 9.17) is 5.73 Å². The third kappa shape index (κ3) is 3.82. The van der Waals surface area contributed by atoms with Crippen molar-refractivity contribution < 1.29 is 9.59 Å². The van der Waals surface area contributed by atoms with Gasteiger partial charge in [0.2, 0.25) is 5.91 Å². The van der Waals surface area contributed by atoms with Crippen molar-refractivity contribution in [3.05, 3.63) is 64.0 Å². The van der Waals surface area contributed by atoms with Crippen LogP contribution in [0.15, 0.2) is 53.5 Å². The molecule has 0 radical (unpaired) electrons. The molecule has 26 heavy (non-hydrogen) atoms. The van der Waals surface area contributed by atoms with Crippen molar-refractivity contribution in [2.24, 2.45) is 5.73 Å². The normalized spacial score (nSPS) is 11.3. The Kier molecular flexibility index (Phi) is 5.15. The summed E-state index contributed by atoms with van der Waals surface area (Å²) < 4.78 is 1.71. The first-order chi connectivity index (χ1) is 12.6. The number of carbonyl (C=O) groups excluding carboxylic acids is 2. The van der Waals surface area contributed by atoms with Crippen LogP contribution in [0.2, 0.25) is 0 Å². The molecule has 0 aliphatic carbocycles. The second-order valence-electron chi connectivity index (χ2n) is 5.63. The van der Waals surface area contributed by atoms with Crippen molar-refractivity contribution in [1.82, 2.24) is 9.88 Å². The number of thiophene rings is 1. The number of nitrogens with zero attached hydrogens (tertiary/aromatic N) is 2. The summed E-state index contributed by atoms with van der Waals surface area (Å²) in [5.41, 5.74) is 6.80. The number of nitrogens with two attached hydrogens (primary N) is 1. The first-order valence-corrected chi connectivity index (χ1v) is 8.75. The van der Waals surface area contributed by atoms with Gasteiger partial charge < -0.3 is 15.6 Å². The van der Waals surface area contributed by atoms with Crippen molar-refractivity contribution in [3.8, 4) is 6.07 Å². The molecule has 0 spiro atoms. The molecule has 0 aliphatic rings. The van der Waals surface area contributed by atoms with Crippen LogP contribution >= 0.6 is 11.3 Å². The molecule has 0 saturated carbocycles. The van der Waals surface area contributed by atoms with Crippen molar-refractivity contribution in [1.29, 1.82) is 5.26 Å². The van der Waals surface area contributed by atoms with E-state index < -0.39 is 11.8 Å². The summed E-state index contributed by atoms with van der Waals surface area (Å²) >= 11 is 1.53. The van der Waals surface area contributed by atoms with E-state index in [9.17, 15) is 14.9 Å². The third-order valence-electron chi connectivity index (χ3n) is 3.81. The van der Waals surface area contributed by atoms with Crippen LogP contribution in [-0.2, 0) is 22.7 Å². The Hall–Kier alpha value is -3.37. The van der Waals surface area contributed by atoms with Crippen LogP contribution < -0.4 is 11.1 Å². The molecule has 2 amide bonds. The van der Waals surface area contributed by atoms with E-state index in [1.165, 1.54) is 17.4 Å². The lowest BCUT2D eigenvalue weighted by Crippen LogP contribution is -2.23. The third-order valence-corrected chi connectivity index (χ3v) is 4.69. The van der Waals surface area contributed by atoms with Gasteiger partial charge in [-0.1, -0.05) is 24.3 Å². The molecule has 6 nitrogen and oxygen atoms in total. The number of benzene rings is 1. The summed E-state index contributed by atoms with van der Waals surface area (Å²) in [7, 11) is 0. The van der Waals surface area contributed by atoms with E-state index in [1.54, 1.807) is 10.8 Å². The molecule has 0 atom stereocenters. The zero-order valence-electron chi connectivity index (χ0n) is 13.8. The van der Waals surface area contributed by atoms with E-state index in [0.29, 0.717) is 12.1 Å². The minimum atomic E-state index is -0.463. The summed E-state index contributed by atoms with van der Waals surface area (Å²) in [6, 6.07) is 13.2. The van der Waals surface area contributed by atoms with Gasteiger partial charge in [-0.3, -0.25) is 9.59 Å². The fourth-order valence-corrected chi connectivity index (χ4v) is 3.31. The maximum atomic E-state index is 12.3. The Morgan fingerprint density at radius 1 is 1.27 bits per heavy atom. The number of rotatable bonds is 6. The minimum absolute atomic E-state index is 0.00327. The number of amides is 2. The highest BCUT2D eigenvalue weighted by atomic mass is 32.1. The molecule has 130 valence electrons. The van der Waals surface area contributed by atoms with Gasteiger partial charge in [-0.15, -0.1) is 11.3 Å². The maximum absolute atomic E-state index is 12.3. The van der Waals surface area contributed by atoms with E-state index in [1.807, 2.05) is 47.8 Å². The van der Waals surface area contributed by atoms with Gasteiger partial charge in [-0.05, 0) is 23.6 Å². The summed E-state index contributed by atoms with van der Waals surface area (Å²) in [6.45, 7) is 0.403. The van der Waals surface area contributed by atoms with Crippen LogP contribution in [0.1, 0.15) is 10.4 Å². The summed E-state index contributed by atoms with van der Waals surface area (Å²) in [4.78, 5) is 24.6. The van der Waals surface area contributed by atoms with Gasteiger partial charge in [-0.25, -0.2) is 0 Å².